The van der Waals surface area contributed by atoms with Crippen LogP contribution in [0.25, 0.3) is 10.2 Å². The molecular weight excluding hydrogens is 570 g/mol. The number of aromatic nitrogens is 1. The average molecular weight is 598 g/mol. The summed E-state index contributed by atoms with van der Waals surface area (Å²) in [5.41, 5.74) is 1.17. The second-order valence-electron chi connectivity index (χ2n) is 8.46. The van der Waals surface area contributed by atoms with Crippen molar-refractivity contribution in [3.05, 3.63) is 82.7 Å². The second kappa shape index (κ2) is 12.8. The summed E-state index contributed by atoms with van der Waals surface area (Å²) in [6.45, 7) is 3.58. The zero-order valence-corrected chi connectivity index (χ0v) is 24.1. The first-order valence-corrected chi connectivity index (χ1v) is 14.8. The largest absolute Gasteiger partial charge is 0.497 e. The molecule has 0 unspecified atom stereocenters. The van der Waals surface area contributed by atoms with Gasteiger partial charge < -0.3 is 18.8 Å². The molecule has 0 saturated carbocycles. The van der Waals surface area contributed by atoms with E-state index in [4.69, 9.17) is 14.2 Å². The van der Waals surface area contributed by atoms with E-state index < -0.39 is 27.9 Å². The Kier molecular flexibility index (Phi) is 9.20. The number of anilines is 1. The van der Waals surface area contributed by atoms with Crippen molar-refractivity contribution < 1.29 is 37.0 Å². The lowest BCUT2D eigenvalue weighted by Gasteiger charge is -2.09. The predicted octanol–water partition coefficient (Wildman–Crippen LogP) is 3.99. The third-order valence-electron chi connectivity index (χ3n) is 5.72. The fourth-order valence-electron chi connectivity index (χ4n) is 3.82. The molecule has 3 aromatic carbocycles. The molecule has 1 aromatic heterocycles. The molecule has 13 heteroatoms. The molecule has 0 spiro atoms. The molecule has 0 fully saturated rings. The SMILES string of the molecule is CCOC(=O)Cn1c(=NC(=O)c2cccc(NS(=O)(=O)c3ccc(OC)cc3)c2)sc2cc(C(=O)OCC)ccc21. The minimum Gasteiger partial charge on any atom is -0.497 e. The number of nitrogens with one attached hydrogen (secondary N) is 1. The Bertz CT molecular complexity index is 1770. The van der Waals surface area contributed by atoms with E-state index in [0.717, 1.165) is 11.3 Å². The van der Waals surface area contributed by atoms with Crippen LogP contribution < -0.4 is 14.3 Å². The van der Waals surface area contributed by atoms with Crippen molar-refractivity contribution in [3.63, 3.8) is 0 Å². The third kappa shape index (κ3) is 6.99. The van der Waals surface area contributed by atoms with Gasteiger partial charge in [-0.05, 0) is 74.5 Å². The van der Waals surface area contributed by atoms with Gasteiger partial charge in [-0.2, -0.15) is 4.99 Å². The number of nitrogens with zero attached hydrogens (tertiary/aromatic N) is 2. The van der Waals surface area contributed by atoms with Gasteiger partial charge in [0, 0.05) is 11.3 Å². The number of carbonyl (C=O) groups excluding carboxylic acids is 3. The number of esters is 2. The van der Waals surface area contributed by atoms with E-state index in [-0.39, 0.29) is 40.7 Å². The van der Waals surface area contributed by atoms with Crippen LogP contribution in [0.3, 0.4) is 0 Å². The zero-order chi connectivity index (χ0) is 29.6. The number of ether oxygens (including phenoxy) is 3. The van der Waals surface area contributed by atoms with Crippen LogP contribution in [0.2, 0.25) is 0 Å². The molecule has 0 bridgehead atoms. The Balaban J connectivity index is 1.68. The molecule has 0 radical (unpaired) electrons. The molecule has 0 aliphatic rings. The normalized spacial score (nSPS) is 11.7. The maximum atomic E-state index is 13.2. The molecule has 1 amide bonds. The molecule has 0 saturated heterocycles. The molecule has 214 valence electrons. The summed E-state index contributed by atoms with van der Waals surface area (Å²) in [4.78, 5) is 42.2. The van der Waals surface area contributed by atoms with Crippen molar-refractivity contribution in [2.24, 2.45) is 4.99 Å². The summed E-state index contributed by atoms with van der Waals surface area (Å²) in [6.07, 6.45) is 0. The van der Waals surface area contributed by atoms with Crippen LogP contribution in [-0.4, -0.2) is 51.2 Å². The van der Waals surface area contributed by atoms with E-state index >= 15 is 0 Å². The maximum Gasteiger partial charge on any atom is 0.338 e. The number of sulfonamides is 1. The Morgan fingerprint density at radius 1 is 0.927 bits per heavy atom. The van der Waals surface area contributed by atoms with E-state index in [0.29, 0.717) is 21.5 Å². The highest BCUT2D eigenvalue weighted by Gasteiger charge is 2.17. The molecule has 0 aliphatic carbocycles. The first-order valence-electron chi connectivity index (χ1n) is 12.5. The Hall–Kier alpha value is -4.49. The van der Waals surface area contributed by atoms with Crippen LogP contribution in [0.5, 0.6) is 5.75 Å². The number of benzene rings is 3. The number of rotatable bonds is 10. The van der Waals surface area contributed by atoms with E-state index in [1.807, 2.05) is 0 Å². The summed E-state index contributed by atoms with van der Waals surface area (Å²) < 4.78 is 45.5. The first kappa shape index (κ1) is 29.5. The average Bonchev–Trinajstić information content (AvgIpc) is 3.28. The van der Waals surface area contributed by atoms with Crippen molar-refractivity contribution in [2.45, 2.75) is 25.3 Å². The highest BCUT2D eigenvalue weighted by molar-refractivity contribution is 7.92. The smallest absolute Gasteiger partial charge is 0.338 e. The van der Waals surface area contributed by atoms with Gasteiger partial charge in [0.2, 0.25) is 0 Å². The summed E-state index contributed by atoms with van der Waals surface area (Å²) >= 11 is 1.11. The highest BCUT2D eigenvalue weighted by atomic mass is 32.2. The number of amides is 1. The molecule has 4 aromatic rings. The van der Waals surface area contributed by atoms with Crippen LogP contribution in [0, 0.1) is 0 Å². The monoisotopic (exact) mass is 597 g/mol. The first-order chi connectivity index (χ1) is 19.6. The number of methoxy groups -OCH3 is 1. The maximum absolute atomic E-state index is 13.2. The highest BCUT2D eigenvalue weighted by Crippen LogP contribution is 2.22. The van der Waals surface area contributed by atoms with Gasteiger partial charge in [-0.15, -0.1) is 0 Å². The van der Waals surface area contributed by atoms with E-state index in [2.05, 4.69) is 9.71 Å². The van der Waals surface area contributed by atoms with Crippen molar-refractivity contribution in [1.82, 2.24) is 4.57 Å². The number of hydrogen-bond acceptors (Lipinski definition) is 9. The topological polar surface area (TPSA) is 142 Å². The van der Waals surface area contributed by atoms with Crippen LogP contribution in [0.1, 0.15) is 34.6 Å². The molecular formula is C28H27N3O8S2. The summed E-state index contributed by atoms with van der Waals surface area (Å²) in [5.74, 6) is -1.17. The fourth-order valence-corrected chi connectivity index (χ4v) is 5.94. The number of carbonyl (C=O) groups is 3. The molecule has 0 aliphatic heterocycles. The predicted molar refractivity (Wildman–Crippen MR) is 153 cm³/mol. The van der Waals surface area contributed by atoms with Gasteiger partial charge in [0.15, 0.2) is 4.80 Å². The minimum atomic E-state index is -3.94. The van der Waals surface area contributed by atoms with Crippen molar-refractivity contribution >= 4 is 55.1 Å². The fraction of sp³-hybridized carbons (Fsp3) is 0.214. The van der Waals surface area contributed by atoms with Gasteiger partial charge in [-0.3, -0.25) is 14.3 Å². The Morgan fingerprint density at radius 2 is 1.66 bits per heavy atom. The zero-order valence-electron chi connectivity index (χ0n) is 22.4. The van der Waals surface area contributed by atoms with Gasteiger partial charge in [0.05, 0.1) is 41.0 Å². The van der Waals surface area contributed by atoms with Gasteiger partial charge >= 0.3 is 11.9 Å². The summed E-state index contributed by atoms with van der Waals surface area (Å²) in [6, 6.07) is 16.6. The van der Waals surface area contributed by atoms with Crippen LogP contribution in [0.15, 0.2) is 76.6 Å². The van der Waals surface area contributed by atoms with Crippen molar-refractivity contribution in [2.75, 3.05) is 25.0 Å². The second-order valence-corrected chi connectivity index (χ2v) is 11.1. The lowest BCUT2D eigenvalue weighted by molar-refractivity contribution is -0.143. The lowest BCUT2D eigenvalue weighted by Crippen LogP contribution is -2.23. The summed E-state index contributed by atoms with van der Waals surface area (Å²) in [7, 11) is -2.46. The van der Waals surface area contributed by atoms with E-state index in [1.165, 1.54) is 60.2 Å². The number of thiazole rings is 1. The minimum absolute atomic E-state index is 0.0205. The lowest BCUT2D eigenvalue weighted by atomic mass is 10.2. The van der Waals surface area contributed by atoms with Gasteiger partial charge in [-0.25, -0.2) is 13.2 Å². The molecule has 0 atom stereocenters. The molecule has 11 nitrogen and oxygen atoms in total. The van der Waals surface area contributed by atoms with Crippen LogP contribution in [0.4, 0.5) is 5.69 Å². The van der Waals surface area contributed by atoms with Gasteiger partial charge in [0.1, 0.15) is 12.3 Å². The molecule has 1 N–H and O–H groups in total. The van der Waals surface area contributed by atoms with Crippen LogP contribution >= 0.6 is 11.3 Å². The number of fused-ring (bicyclic) bond motifs is 1. The third-order valence-corrected chi connectivity index (χ3v) is 8.15. The van der Waals surface area contributed by atoms with Crippen molar-refractivity contribution in [3.8, 4) is 5.75 Å². The molecule has 4 rings (SSSR count). The van der Waals surface area contributed by atoms with Crippen molar-refractivity contribution in [1.29, 1.82) is 0 Å². The van der Waals surface area contributed by atoms with E-state index in [9.17, 15) is 22.8 Å². The standard InChI is InChI=1S/C28H27N3O8S2/c1-4-38-25(32)17-31-23-14-9-19(27(34)39-5-2)16-24(23)40-28(31)29-26(33)18-7-6-8-20(15-18)30-41(35,36)22-12-10-21(37-3)11-13-22/h6-16,30H,4-5,17H2,1-3H3. The van der Waals surface area contributed by atoms with E-state index in [1.54, 1.807) is 32.0 Å². The Labute approximate surface area is 240 Å². The van der Waals surface area contributed by atoms with Crippen LogP contribution in [-0.2, 0) is 30.8 Å². The Morgan fingerprint density at radius 3 is 2.34 bits per heavy atom. The quantitative estimate of drug-likeness (QED) is 0.271. The molecule has 1 heterocycles. The summed E-state index contributed by atoms with van der Waals surface area (Å²) in [5, 5.41) is 0. The molecule has 41 heavy (non-hydrogen) atoms. The number of hydrogen-bond donors (Lipinski definition) is 1. The van der Waals surface area contributed by atoms with Gasteiger partial charge in [-0.1, -0.05) is 17.4 Å². The van der Waals surface area contributed by atoms with Gasteiger partial charge in [0.25, 0.3) is 15.9 Å².